The van der Waals surface area contributed by atoms with Crippen LogP contribution in [-0.4, -0.2) is 35.5 Å². The zero-order valence-electron chi connectivity index (χ0n) is 19.1. The Morgan fingerprint density at radius 3 is 2.32 bits per heavy atom. The second-order valence-electron chi connectivity index (χ2n) is 8.55. The molecule has 0 fully saturated rings. The maximum atomic E-state index is 13.0. The van der Waals surface area contributed by atoms with E-state index in [-0.39, 0.29) is 16.3 Å². The van der Waals surface area contributed by atoms with E-state index >= 15 is 0 Å². The van der Waals surface area contributed by atoms with E-state index < -0.39 is 16.0 Å². The first-order valence-electron chi connectivity index (χ1n) is 11.0. The third-order valence-corrected chi connectivity index (χ3v) is 6.53. The van der Waals surface area contributed by atoms with E-state index in [4.69, 9.17) is 20.6 Å². The molecule has 9 nitrogen and oxygen atoms in total. The molecular weight excluding hydrogens is 454 g/mol. The summed E-state index contributed by atoms with van der Waals surface area (Å²) < 4.78 is 30.2. The first-order valence-corrected chi connectivity index (χ1v) is 12.5. The van der Waals surface area contributed by atoms with Gasteiger partial charge in [-0.2, -0.15) is 0 Å². The number of benzene rings is 2. The van der Waals surface area contributed by atoms with Gasteiger partial charge in [0.2, 0.25) is 10.0 Å². The highest BCUT2D eigenvalue weighted by Gasteiger charge is 2.25. The second kappa shape index (κ2) is 9.40. The Morgan fingerprint density at radius 1 is 1.06 bits per heavy atom. The minimum atomic E-state index is -3.76. The molecule has 34 heavy (non-hydrogen) atoms. The number of anilines is 1. The Balaban J connectivity index is 1.71. The van der Waals surface area contributed by atoms with Crippen molar-refractivity contribution >= 4 is 44.0 Å². The van der Waals surface area contributed by atoms with Gasteiger partial charge in [0.25, 0.3) is 0 Å². The number of nitrogen functional groups attached to an aromatic ring is 1. The number of sulfonamides is 1. The number of aromatic nitrogens is 3. The molecule has 0 aliphatic rings. The van der Waals surface area contributed by atoms with Crippen LogP contribution < -0.4 is 10.9 Å². The number of fused-ring (bicyclic) bond motifs is 2. The van der Waals surface area contributed by atoms with E-state index in [9.17, 15) is 13.2 Å². The molecule has 0 unspecified atom stereocenters. The molecule has 2 aromatic carbocycles. The van der Waals surface area contributed by atoms with Gasteiger partial charge in [0, 0.05) is 6.54 Å². The third kappa shape index (κ3) is 4.87. The van der Waals surface area contributed by atoms with E-state index in [0.717, 1.165) is 12.0 Å². The van der Waals surface area contributed by atoms with Crippen LogP contribution in [0.4, 0.5) is 5.82 Å². The smallest absolute Gasteiger partial charge is 0.344 e. The van der Waals surface area contributed by atoms with Crippen molar-refractivity contribution in [2.45, 2.75) is 38.1 Å². The van der Waals surface area contributed by atoms with E-state index in [0.29, 0.717) is 47.7 Å². The molecule has 0 radical (unpaired) electrons. The number of rotatable bonds is 8. The van der Waals surface area contributed by atoms with Gasteiger partial charge in [-0.3, -0.25) is 0 Å². The molecule has 0 spiro atoms. The van der Waals surface area contributed by atoms with Gasteiger partial charge in [-0.1, -0.05) is 38.1 Å². The van der Waals surface area contributed by atoms with Crippen molar-refractivity contribution in [3.8, 4) is 0 Å². The number of hydrogen-bond acceptors (Lipinski definition) is 7. The lowest BCUT2D eigenvalue weighted by molar-refractivity contribution is 0.0491. The van der Waals surface area contributed by atoms with Crippen molar-refractivity contribution in [1.82, 2.24) is 14.5 Å². The monoisotopic (exact) mass is 481 g/mol. The Kier molecular flexibility index (Phi) is 6.54. The van der Waals surface area contributed by atoms with Crippen LogP contribution in [-0.2, 0) is 27.7 Å². The standard InChI is InChI=1S/C24H27N5O4S/c1-15(2)12-14-33-24(30)20-21-23(28-19-6-4-3-5-18(19)27-21)29(22(20)25)13-11-16-7-9-17(10-8-16)34(26,31)32/h3-10,15H,11-14,25H2,1-2H3,(H2,26,31,32). The summed E-state index contributed by atoms with van der Waals surface area (Å²) in [4.78, 5) is 22.4. The summed E-state index contributed by atoms with van der Waals surface area (Å²) in [6.45, 7) is 4.81. The van der Waals surface area contributed by atoms with Crippen molar-refractivity contribution in [2.75, 3.05) is 12.3 Å². The van der Waals surface area contributed by atoms with Crippen molar-refractivity contribution in [1.29, 1.82) is 0 Å². The van der Waals surface area contributed by atoms with E-state index in [2.05, 4.69) is 18.8 Å². The number of carbonyl (C=O) groups is 1. The largest absolute Gasteiger partial charge is 0.462 e. The minimum Gasteiger partial charge on any atom is -0.462 e. The van der Waals surface area contributed by atoms with Crippen molar-refractivity contribution < 1.29 is 17.9 Å². The zero-order chi connectivity index (χ0) is 24.5. The van der Waals surface area contributed by atoms with Gasteiger partial charge in [-0.15, -0.1) is 0 Å². The molecule has 0 saturated heterocycles. The molecule has 2 aromatic heterocycles. The van der Waals surface area contributed by atoms with Crippen LogP contribution in [0.3, 0.4) is 0 Å². The zero-order valence-corrected chi connectivity index (χ0v) is 19.9. The van der Waals surface area contributed by atoms with Gasteiger partial charge in [-0.25, -0.2) is 28.3 Å². The molecule has 0 aliphatic carbocycles. The van der Waals surface area contributed by atoms with Gasteiger partial charge >= 0.3 is 5.97 Å². The number of aryl methyl sites for hydroxylation is 2. The van der Waals surface area contributed by atoms with Gasteiger partial charge in [0.1, 0.15) is 16.9 Å². The fourth-order valence-corrected chi connectivity index (χ4v) is 4.21. The number of ether oxygens (including phenoxy) is 1. The fourth-order valence-electron chi connectivity index (χ4n) is 3.69. The summed E-state index contributed by atoms with van der Waals surface area (Å²) in [5.74, 6) is 0.112. The molecular formula is C24H27N5O4S. The van der Waals surface area contributed by atoms with Crippen LogP contribution in [0.2, 0.25) is 0 Å². The molecule has 0 aliphatic heterocycles. The molecule has 4 N–H and O–H groups in total. The lowest BCUT2D eigenvalue weighted by atomic mass is 10.1. The molecule has 0 saturated carbocycles. The number of esters is 1. The quantitative estimate of drug-likeness (QED) is 0.368. The summed E-state index contributed by atoms with van der Waals surface area (Å²) in [5, 5.41) is 5.17. The average Bonchev–Trinajstić information content (AvgIpc) is 3.05. The second-order valence-corrected chi connectivity index (χ2v) is 10.1. The Bertz CT molecular complexity index is 1460. The van der Waals surface area contributed by atoms with Crippen LogP contribution >= 0.6 is 0 Å². The van der Waals surface area contributed by atoms with E-state index in [1.165, 1.54) is 12.1 Å². The van der Waals surface area contributed by atoms with Gasteiger partial charge < -0.3 is 15.0 Å². The van der Waals surface area contributed by atoms with Gasteiger partial charge in [0.15, 0.2) is 5.65 Å². The summed E-state index contributed by atoms with van der Waals surface area (Å²) >= 11 is 0. The summed E-state index contributed by atoms with van der Waals surface area (Å²) in [6.07, 6.45) is 1.27. The molecule has 0 amide bonds. The number of primary sulfonamides is 1. The number of para-hydroxylation sites is 2. The molecule has 0 bridgehead atoms. The predicted molar refractivity (Wildman–Crippen MR) is 131 cm³/mol. The summed E-state index contributed by atoms with van der Waals surface area (Å²) in [5.41, 5.74) is 9.76. The van der Waals surface area contributed by atoms with Crippen molar-refractivity contribution in [3.05, 3.63) is 59.7 Å². The summed E-state index contributed by atoms with van der Waals surface area (Å²) in [7, 11) is -3.76. The lowest BCUT2D eigenvalue weighted by Gasteiger charge is -2.09. The SMILES string of the molecule is CC(C)CCOC(=O)c1c(N)n(CCc2ccc(S(N)(=O)=O)cc2)c2nc3ccccc3nc12. The van der Waals surface area contributed by atoms with Gasteiger partial charge in [-0.05, 0) is 48.6 Å². The topological polar surface area (TPSA) is 143 Å². The first-order chi connectivity index (χ1) is 16.1. The maximum Gasteiger partial charge on any atom is 0.344 e. The van der Waals surface area contributed by atoms with Crippen LogP contribution in [0.1, 0.15) is 36.2 Å². The summed E-state index contributed by atoms with van der Waals surface area (Å²) in [6, 6.07) is 13.7. The van der Waals surface area contributed by atoms with Crippen molar-refractivity contribution in [3.63, 3.8) is 0 Å². The van der Waals surface area contributed by atoms with Crippen molar-refractivity contribution in [2.24, 2.45) is 11.1 Å². The fraction of sp³-hybridized carbons (Fsp3) is 0.292. The molecule has 4 aromatic rings. The normalized spacial score (nSPS) is 12.0. The number of nitrogens with zero attached hydrogens (tertiary/aromatic N) is 3. The predicted octanol–water partition coefficient (Wildman–Crippen LogP) is 3.26. The molecule has 2 heterocycles. The number of hydrogen-bond donors (Lipinski definition) is 2. The lowest BCUT2D eigenvalue weighted by Crippen LogP contribution is -2.13. The Hall–Kier alpha value is -3.50. The highest BCUT2D eigenvalue weighted by Crippen LogP contribution is 2.29. The highest BCUT2D eigenvalue weighted by molar-refractivity contribution is 7.89. The van der Waals surface area contributed by atoms with Crippen LogP contribution in [0.15, 0.2) is 53.4 Å². The minimum absolute atomic E-state index is 0.0472. The molecule has 178 valence electrons. The van der Waals surface area contributed by atoms with Crippen LogP contribution in [0.5, 0.6) is 0 Å². The van der Waals surface area contributed by atoms with Gasteiger partial charge in [0.05, 0.1) is 22.5 Å². The van der Waals surface area contributed by atoms with E-state index in [1.807, 2.05) is 24.3 Å². The number of carbonyl (C=O) groups excluding carboxylic acids is 1. The Morgan fingerprint density at radius 2 is 1.71 bits per heavy atom. The molecule has 10 heteroatoms. The number of nitrogens with two attached hydrogens (primary N) is 2. The van der Waals surface area contributed by atoms with E-state index in [1.54, 1.807) is 16.7 Å². The highest BCUT2D eigenvalue weighted by atomic mass is 32.2. The Labute approximate surface area is 197 Å². The average molecular weight is 482 g/mol. The molecule has 0 atom stereocenters. The maximum absolute atomic E-state index is 13.0. The van der Waals surface area contributed by atoms with Crippen LogP contribution in [0, 0.1) is 5.92 Å². The third-order valence-electron chi connectivity index (χ3n) is 5.60. The van der Waals surface area contributed by atoms with Crippen LogP contribution in [0.25, 0.3) is 22.2 Å². The molecule has 4 rings (SSSR count). The first kappa shape index (κ1) is 23.7.